The predicted octanol–water partition coefficient (Wildman–Crippen LogP) is 1.03. The minimum atomic E-state index is -3.83. The van der Waals surface area contributed by atoms with Crippen LogP contribution in [0.2, 0.25) is 0 Å². The summed E-state index contributed by atoms with van der Waals surface area (Å²) in [4.78, 5) is 11.0. The molecular formula is C12H22F2N2O2. The number of amides is 1. The quantitative estimate of drug-likeness (QED) is 0.694. The number of aliphatic hydroxyl groups excluding tert-OH is 1. The van der Waals surface area contributed by atoms with Gasteiger partial charge in [0.1, 0.15) is 6.10 Å². The van der Waals surface area contributed by atoms with E-state index in [4.69, 9.17) is 5.73 Å². The van der Waals surface area contributed by atoms with Crippen molar-refractivity contribution in [2.45, 2.75) is 56.6 Å². The summed E-state index contributed by atoms with van der Waals surface area (Å²) in [5.41, 5.74) is 5.62. The summed E-state index contributed by atoms with van der Waals surface area (Å²) >= 11 is 0. The summed E-state index contributed by atoms with van der Waals surface area (Å²) in [6.45, 7) is 0. The highest BCUT2D eigenvalue weighted by Crippen LogP contribution is 2.30. The van der Waals surface area contributed by atoms with Crippen LogP contribution >= 0.6 is 0 Å². The van der Waals surface area contributed by atoms with Crippen LogP contribution in [0, 0.1) is 5.92 Å². The molecule has 6 heteroatoms. The standard InChI is InChI=1S/C12H22F2N2O2/c1-16-11(18)12(13,14)10(17)9(15)7-8-5-3-2-4-6-8/h8-10,17H,2-7,15H2,1H3,(H,16,18)/t9-,10+/m1/s1. The van der Waals surface area contributed by atoms with Crippen molar-refractivity contribution in [1.82, 2.24) is 5.32 Å². The number of rotatable bonds is 5. The number of alkyl halides is 2. The van der Waals surface area contributed by atoms with Crippen molar-refractivity contribution < 1.29 is 18.7 Å². The maximum absolute atomic E-state index is 13.5. The molecule has 18 heavy (non-hydrogen) atoms. The summed E-state index contributed by atoms with van der Waals surface area (Å²) in [5.74, 6) is -5.04. The third kappa shape index (κ3) is 3.62. The number of nitrogens with two attached hydrogens (primary N) is 1. The molecule has 0 radical (unpaired) electrons. The van der Waals surface area contributed by atoms with Crippen LogP contribution in [0.3, 0.4) is 0 Å². The zero-order valence-electron chi connectivity index (χ0n) is 10.7. The second kappa shape index (κ2) is 6.43. The van der Waals surface area contributed by atoms with E-state index in [0.717, 1.165) is 32.7 Å². The first-order valence-electron chi connectivity index (χ1n) is 6.43. The molecule has 106 valence electrons. The molecule has 0 spiro atoms. The van der Waals surface area contributed by atoms with Crippen molar-refractivity contribution in [3.63, 3.8) is 0 Å². The van der Waals surface area contributed by atoms with Crippen LogP contribution in [0.25, 0.3) is 0 Å². The van der Waals surface area contributed by atoms with Gasteiger partial charge < -0.3 is 16.2 Å². The first-order chi connectivity index (χ1) is 8.39. The van der Waals surface area contributed by atoms with Gasteiger partial charge in [0, 0.05) is 13.1 Å². The summed E-state index contributed by atoms with van der Waals surface area (Å²) < 4.78 is 26.9. The number of aliphatic hydroxyl groups is 1. The van der Waals surface area contributed by atoms with E-state index in [2.05, 4.69) is 0 Å². The van der Waals surface area contributed by atoms with Gasteiger partial charge in [-0.05, 0) is 12.3 Å². The first kappa shape index (κ1) is 15.3. The van der Waals surface area contributed by atoms with Gasteiger partial charge >= 0.3 is 5.92 Å². The van der Waals surface area contributed by atoms with Gasteiger partial charge in [-0.2, -0.15) is 8.78 Å². The Morgan fingerprint density at radius 3 is 2.50 bits per heavy atom. The Morgan fingerprint density at radius 2 is 2.00 bits per heavy atom. The minimum absolute atomic E-state index is 0.281. The van der Waals surface area contributed by atoms with Crippen LogP contribution in [-0.4, -0.2) is 36.1 Å². The van der Waals surface area contributed by atoms with Crippen LogP contribution < -0.4 is 11.1 Å². The Morgan fingerprint density at radius 1 is 1.44 bits per heavy atom. The SMILES string of the molecule is CNC(=O)C(F)(F)[C@@H](O)[C@H](N)CC1CCCCC1. The van der Waals surface area contributed by atoms with Gasteiger partial charge in [0.15, 0.2) is 0 Å². The molecule has 4 N–H and O–H groups in total. The zero-order valence-corrected chi connectivity index (χ0v) is 10.7. The van der Waals surface area contributed by atoms with E-state index in [9.17, 15) is 18.7 Å². The molecule has 0 saturated heterocycles. The molecular weight excluding hydrogens is 242 g/mol. The number of carbonyl (C=O) groups excluding carboxylic acids is 1. The molecule has 0 unspecified atom stereocenters. The highest BCUT2D eigenvalue weighted by Gasteiger charge is 2.48. The lowest BCUT2D eigenvalue weighted by Gasteiger charge is -2.30. The van der Waals surface area contributed by atoms with Gasteiger partial charge in [-0.3, -0.25) is 4.79 Å². The maximum atomic E-state index is 13.5. The lowest BCUT2D eigenvalue weighted by atomic mass is 9.83. The van der Waals surface area contributed by atoms with Crippen LogP contribution in [0.1, 0.15) is 38.5 Å². The van der Waals surface area contributed by atoms with Gasteiger partial charge in [0.05, 0.1) is 0 Å². The van der Waals surface area contributed by atoms with Crippen LogP contribution in [0.4, 0.5) is 8.78 Å². The molecule has 1 rings (SSSR count). The van der Waals surface area contributed by atoms with Gasteiger partial charge in [-0.25, -0.2) is 0 Å². The average Bonchev–Trinajstić information content (AvgIpc) is 2.37. The molecule has 1 saturated carbocycles. The maximum Gasteiger partial charge on any atom is 0.351 e. The fourth-order valence-electron chi connectivity index (χ4n) is 2.51. The Bertz CT molecular complexity index is 281. The smallest absolute Gasteiger partial charge is 0.351 e. The van der Waals surface area contributed by atoms with E-state index in [-0.39, 0.29) is 5.92 Å². The summed E-state index contributed by atoms with van der Waals surface area (Å²) in [6.07, 6.45) is 3.48. The van der Waals surface area contributed by atoms with E-state index in [1.807, 2.05) is 5.32 Å². The molecule has 1 aliphatic rings. The van der Waals surface area contributed by atoms with Gasteiger partial charge in [0.25, 0.3) is 5.91 Å². The van der Waals surface area contributed by atoms with E-state index in [1.165, 1.54) is 6.42 Å². The van der Waals surface area contributed by atoms with Crippen molar-refractivity contribution in [2.24, 2.45) is 11.7 Å². The Hall–Kier alpha value is -0.750. The third-order valence-electron chi connectivity index (χ3n) is 3.64. The molecule has 0 bridgehead atoms. The van der Waals surface area contributed by atoms with E-state index in [1.54, 1.807) is 0 Å². The van der Waals surface area contributed by atoms with Crippen molar-refractivity contribution in [1.29, 1.82) is 0 Å². The number of hydrogen-bond donors (Lipinski definition) is 3. The van der Waals surface area contributed by atoms with Gasteiger partial charge in [0.2, 0.25) is 0 Å². The molecule has 1 amide bonds. The summed E-state index contributed by atoms with van der Waals surface area (Å²) in [7, 11) is 1.11. The zero-order chi connectivity index (χ0) is 13.8. The molecule has 0 aliphatic heterocycles. The normalized spacial score (nSPS) is 21.4. The Balaban J connectivity index is 2.53. The van der Waals surface area contributed by atoms with Crippen LogP contribution in [0.15, 0.2) is 0 Å². The minimum Gasteiger partial charge on any atom is -0.385 e. The lowest BCUT2D eigenvalue weighted by Crippen LogP contribution is -2.55. The van der Waals surface area contributed by atoms with Gasteiger partial charge in [-0.1, -0.05) is 32.1 Å². The number of halogens is 2. The molecule has 0 aromatic heterocycles. The highest BCUT2D eigenvalue weighted by molar-refractivity contribution is 5.83. The molecule has 0 aromatic carbocycles. The molecule has 2 atom stereocenters. The second-order valence-electron chi connectivity index (χ2n) is 5.05. The fraction of sp³-hybridized carbons (Fsp3) is 0.917. The van der Waals surface area contributed by atoms with Crippen molar-refractivity contribution in [3.8, 4) is 0 Å². The van der Waals surface area contributed by atoms with E-state index in [0.29, 0.717) is 6.42 Å². The highest BCUT2D eigenvalue weighted by atomic mass is 19.3. The number of carbonyl (C=O) groups is 1. The molecule has 0 aromatic rings. The topological polar surface area (TPSA) is 75.3 Å². The van der Waals surface area contributed by atoms with Crippen LogP contribution in [0.5, 0.6) is 0 Å². The monoisotopic (exact) mass is 264 g/mol. The fourth-order valence-corrected chi connectivity index (χ4v) is 2.51. The summed E-state index contributed by atoms with van der Waals surface area (Å²) in [5, 5.41) is 11.4. The predicted molar refractivity (Wildman–Crippen MR) is 64.2 cm³/mol. The largest absolute Gasteiger partial charge is 0.385 e. The third-order valence-corrected chi connectivity index (χ3v) is 3.64. The number of nitrogens with one attached hydrogen (secondary N) is 1. The van der Waals surface area contributed by atoms with E-state index < -0.39 is 24.0 Å². The Labute approximate surface area is 106 Å². The molecule has 0 heterocycles. The van der Waals surface area contributed by atoms with Crippen molar-refractivity contribution in [2.75, 3.05) is 7.05 Å². The van der Waals surface area contributed by atoms with Gasteiger partial charge in [-0.15, -0.1) is 0 Å². The second-order valence-corrected chi connectivity index (χ2v) is 5.05. The average molecular weight is 264 g/mol. The van der Waals surface area contributed by atoms with Crippen molar-refractivity contribution >= 4 is 5.91 Å². The number of hydrogen-bond acceptors (Lipinski definition) is 3. The first-order valence-corrected chi connectivity index (χ1v) is 6.43. The molecule has 4 nitrogen and oxygen atoms in total. The summed E-state index contributed by atoms with van der Waals surface area (Å²) in [6, 6.07) is -1.07. The molecule has 1 aliphatic carbocycles. The van der Waals surface area contributed by atoms with Crippen molar-refractivity contribution in [3.05, 3.63) is 0 Å². The Kier molecular flexibility index (Phi) is 5.47. The van der Waals surface area contributed by atoms with E-state index >= 15 is 0 Å². The van der Waals surface area contributed by atoms with Crippen LogP contribution in [-0.2, 0) is 4.79 Å². The molecule has 1 fully saturated rings. The lowest BCUT2D eigenvalue weighted by molar-refractivity contribution is -0.165.